The maximum Gasteiger partial charge on any atom is 0.313 e. The van der Waals surface area contributed by atoms with Crippen molar-refractivity contribution in [2.45, 2.75) is 17.9 Å². The second-order valence-electron chi connectivity index (χ2n) is 4.70. The number of hydrogen-bond donors (Lipinski definition) is 2. The lowest BCUT2D eigenvalue weighted by molar-refractivity contribution is -0.148. The van der Waals surface area contributed by atoms with Crippen LogP contribution in [-0.4, -0.2) is 43.7 Å². The van der Waals surface area contributed by atoms with Crippen LogP contribution in [0.2, 0.25) is 5.15 Å². The third kappa shape index (κ3) is 2.64. The second kappa shape index (κ2) is 5.28. The highest BCUT2D eigenvalue weighted by molar-refractivity contribution is 7.89. The molecule has 1 fully saturated rings. The first-order valence-electron chi connectivity index (χ1n) is 5.71. The van der Waals surface area contributed by atoms with Gasteiger partial charge in [0, 0.05) is 6.20 Å². The van der Waals surface area contributed by atoms with Crippen molar-refractivity contribution in [1.82, 2.24) is 9.71 Å². The van der Waals surface area contributed by atoms with E-state index >= 15 is 0 Å². The minimum Gasteiger partial charge on any atom is -0.481 e. The molecular weight excluding hydrogens is 308 g/mol. The van der Waals surface area contributed by atoms with Gasteiger partial charge >= 0.3 is 5.97 Å². The third-order valence-electron chi connectivity index (χ3n) is 3.26. The number of aromatic nitrogens is 1. The molecule has 1 aliphatic heterocycles. The molecule has 2 heterocycles. The van der Waals surface area contributed by atoms with Crippen LogP contribution in [0.3, 0.4) is 0 Å². The van der Waals surface area contributed by atoms with Crippen LogP contribution >= 0.6 is 11.6 Å². The predicted octanol–water partition coefficient (Wildman–Crippen LogP) is 0.503. The van der Waals surface area contributed by atoms with Gasteiger partial charge in [0.25, 0.3) is 0 Å². The van der Waals surface area contributed by atoms with E-state index in [1.54, 1.807) is 0 Å². The molecule has 0 radical (unpaired) electrons. The van der Waals surface area contributed by atoms with Crippen molar-refractivity contribution in [1.29, 1.82) is 0 Å². The molecule has 2 N–H and O–H groups in total. The molecule has 1 saturated heterocycles. The average molecular weight is 321 g/mol. The van der Waals surface area contributed by atoms with E-state index in [2.05, 4.69) is 9.71 Å². The summed E-state index contributed by atoms with van der Waals surface area (Å²) < 4.78 is 31.9. The van der Waals surface area contributed by atoms with Crippen molar-refractivity contribution in [3.05, 3.63) is 23.5 Å². The number of ether oxygens (including phenoxy) is 1. The van der Waals surface area contributed by atoms with Crippen LogP contribution in [0.4, 0.5) is 0 Å². The second-order valence-corrected chi connectivity index (χ2v) is 6.74. The Bertz CT molecular complexity index is 635. The zero-order chi connectivity index (χ0) is 15.0. The Labute approximate surface area is 121 Å². The van der Waals surface area contributed by atoms with Crippen molar-refractivity contribution in [3.63, 3.8) is 0 Å². The van der Waals surface area contributed by atoms with Crippen LogP contribution in [0.1, 0.15) is 6.92 Å². The van der Waals surface area contributed by atoms with Gasteiger partial charge in [-0.15, -0.1) is 0 Å². The van der Waals surface area contributed by atoms with Crippen LogP contribution < -0.4 is 4.72 Å². The average Bonchev–Trinajstić information content (AvgIpc) is 2.72. The molecular formula is C11H13ClN2O5S. The predicted molar refractivity (Wildman–Crippen MR) is 69.9 cm³/mol. The van der Waals surface area contributed by atoms with Gasteiger partial charge in [-0.2, -0.15) is 0 Å². The quantitative estimate of drug-likeness (QED) is 0.783. The first kappa shape index (κ1) is 15.2. The number of aliphatic carboxylic acids is 1. The van der Waals surface area contributed by atoms with Crippen LogP contribution in [0.25, 0.3) is 0 Å². The van der Waals surface area contributed by atoms with Crippen molar-refractivity contribution in [2.24, 2.45) is 5.41 Å². The summed E-state index contributed by atoms with van der Waals surface area (Å²) in [6.07, 6.45) is 1.36. The summed E-state index contributed by atoms with van der Waals surface area (Å²) in [5.74, 6) is -1.13. The number of hydrogen-bond acceptors (Lipinski definition) is 5. The highest BCUT2D eigenvalue weighted by Gasteiger charge is 2.48. The smallest absolute Gasteiger partial charge is 0.313 e. The van der Waals surface area contributed by atoms with E-state index in [0.29, 0.717) is 0 Å². The van der Waals surface area contributed by atoms with Crippen LogP contribution in [0.5, 0.6) is 0 Å². The number of halogens is 1. The Morgan fingerprint density at radius 3 is 2.95 bits per heavy atom. The molecule has 0 saturated carbocycles. The summed E-state index contributed by atoms with van der Waals surface area (Å²) in [7, 11) is -3.97. The van der Waals surface area contributed by atoms with Gasteiger partial charge < -0.3 is 9.84 Å². The summed E-state index contributed by atoms with van der Waals surface area (Å²) in [6, 6.07) is 1.86. The molecule has 110 valence electrons. The first-order chi connectivity index (χ1) is 9.27. The Kier molecular flexibility index (Phi) is 4.01. The van der Waals surface area contributed by atoms with Crippen molar-refractivity contribution in [3.8, 4) is 0 Å². The molecule has 1 aliphatic rings. The van der Waals surface area contributed by atoms with E-state index in [1.165, 1.54) is 25.3 Å². The monoisotopic (exact) mass is 320 g/mol. The molecule has 0 spiro atoms. The molecule has 20 heavy (non-hydrogen) atoms. The highest BCUT2D eigenvalue weighted by Crippen LogP contribution is 2.30. The van der Waals surface area contributed by atoms with Crippen LogP contribution in [0, 0.1) is 5.41 Å². The van der Waals surface area contributed by atoms with Gasteiger partial charge in [0.1, 0.15) is 15.5 Å². The summed E-state index contributed by atoms with van der Waals surface area (Å²) in [5, 5.41) is 9.04. The minimum atomic E-state index is -3.97. The summed E-state index contributed by atoms with van der Waals surface area (Å²) >= 11 is 5.75. The van der Waals surface area contributed by atoms with Gasteiger partial charge in [-0.25, -0.2) is 18.1 Å². The molecule has 1 aromatic heterocycles. The lowest BCUT2D eigenvalue weighted by atomic mass is 9.86. The standard InChI is InChI=1S/C11H13ClN2O5S/c1-11(10(15)16)6-19-5-8(11)14-20(17,18)7-3-2-4-13-9(7)12/h2-4,8,14H,5-6H2,1H3,(H,15,16). The lowest BCUT2D eigenvalue weighted by Gasteiger charge is -2.25. The first-order valence-corrected chi connectivity index (χ1v) is 7.57. The third-order valence-corrected chi connectivity index (χ3v) is 5.17. The molecule has 1 aromatic rings. The Hall–Kier alpha value is -1.22. The van der Waals surface area contributed by atoms with Crippen LogP contribution in [0.15, 0.2) is 23.2 Å². The maximum atomic E-state index is 12.2. The van der Waals surface area contributed by atoms with E-state index in [4.69, 9.17) is 16.3 Å². The zero-order valence-electron chi connectivity index (χ0n) is 10.5. The molecule has 2 rings (SSSR count). The van der Waals surface area contributed by atoms with E-state index < -0.39 is 27.4 Å². The molecule has 0 amide bonds. The van der Waals surface area contributed by atoms with E-state index in [1.807, 2.05) is 0 Å². The molecule has 0 aliphatic carbocycles. The Balaban J connectivity index is 2.30. The van der Waals surface area contributed by atoms with Gasteiger partial charge in [0.15, 0.2) is 0 Å². The van der Waals surface area contributed by atoms with Gasteiger partial charge in [-0.3, -0.25) is 4.79 Å². The Morgan fingerprint density at radius 2 is 2.35 bits per heavy atom. The summed E-state index contributed by atoms with van der Waals surface area (Å²) in [5.41, 5.74) is -1.32. The molecule has 2 atom stereocenters. The van der Waals surface area contributed by atoms with E-state index in [0.717, 1.165) is 0 Å². The number of carbonyl (C=O) groups is 1. The topological polar surface area (TPSA) is 106 Å². The van der Waals surface area contributed by atoms with E-state index in [-0.39, 0.29) is 23.3 Å². The fraction of sp³-hybridized carbons (Fsp3) is 0.455. The normalized spacial score (nSPS) is 26.6. The van der Waals surface area contributed by atoms with E-state index in [9.17, 15) is 18.3 Å². The summed E-state index contributed by atoms with van der Waals surface area (Å²) in [6.45, 7) is 1.36. The highest BCUT2D eigenvalue weighted by atomic mass is 35.5. The fourth-order valence-corrected chi connectivity index (χ4v) is 3.66. The number of sulfonamides is 1. The molecule has 0 bridgehead atoms. The Morgan fingerprint density at radius 1 is 1.65 bits per heavy atom. The van der Waals surface area contributed by atoms with Gasteiger partial charge in [-0.1, -0.05) is 11.6 Å². The maximum absolute atomic E-state index is 12.2. The van der Waals surface area contributed by atoms with Crippen molar-refractivity contribution in [2.75, 3.05) is 13.2 Å². The summed E-state index contributed by atoms with van der Waals surface area (Å²) in [4.78, 5) is 14.8. The van der Waals surface area contributed by atoms with Gasteiger partial charge in [0.05, 0.1) is 19.3 Å². The SMILES string of the molecule is CC1(C(=O)O)COCC1NS(=O)(=O)c1cccnc1Cl. The number of nitrogens with zero attached hydrogens (tertiary/aromatic N) is 1. The number of carboxylic acid groups (broad SMARTS) is 1. The largest absolute Gasteiger partial charge is 0.481 e. The van der Waals surface area contributed by atoms with Crippen molar-refractivity contribution >= 4 is 27.6 Å². The molecule has 7 nitrogen and oxygen atoms in total. The molecule has 0 aromatic carbocycles. The number of pyridine rings is 1. The zero-order valence-corrected chi connectivity index (χ0v) is 12.1. The van der Waals surface area contributed by atoms with Crippen LogP contribution in [-0.2, 0) is 19.6 Å². The minimum absolute atomic E-state index is 0.0140. The molecule has 9 heteroatoms. The molecule has 2 unspecified atom stereocenters. The number of carboxylic acids is 1. The van der Waals surface area contributed by atoms with Gasteiger partial charge in [-0.05, 0) is 19.1 Å². The van der Waals surface area contributed by atoms with Crippen molar-refractivity contribution < 1.29 is 23.1 Å². The lowest BCUT2D eigenvalue weighted by Crippen LogP contribution is -2.49. The van der Waals surface area contributed by atoms with Gasteiger partial charge in [0.2, 0.25) is 10.0 Å². The fourth-order valence-electron chi connectivity index (χ4n) is 1.87. The number of nitrogens with one attached hydrogen (secondary N) is 1. The number of rotatable bonds is 4.